The van der Waals surface area contributed by atoms with Crippen molar-refractivity contribution in [3.05, 3.63) is 27.7 Å². The molecule has 92 valence electrons. The molecule has 0 fully saturated rings. The van der Waals surface area contributed by atoms with Crippen molar-refractivity contribution in [1.29, 1.82) is 0 Å². The van der Waals surface area contributed by atoms with E-state index in [1.165, 1.54) is 19.3 Å². The second kappa shape index (κ2) is 60.6. The average Bonchev–Trinajstić information content (AvgIpc) is 2.31. The van der Waals surface area contributed by atoms with Gasteiger partial charge in [-0.1, -0.05) is 40.0 Å². The second-order valence-electron chi connectivity index (χ2n) is 2.56. The van der Waals surface area contributed by atoms with Crippen LogP contribution in [0.1, 0.15) is 66.2 Å². The van der Waals surface area contributed by atoms with Gasteiger partial charge in [-0.05, 0) is 0 Å². The third-order valence-electron chi connectivity index (χ3n) is 1.06. The molecule has 0 aromatic heterocycles. The molecule has 0 aromatic rings. The van der Waals surface area contributed by atoms with Crippen LogP contribution in [0.2, 0.25) is 0 Å². The fraction of sp³-hybridized carbons (Fsp3) is 0.714. The van der Waals surface area contributed by atoms with E-state index < -0.39 is 0 Å². The quantitative estimate of drug-likeness (QED) is 0.436. The molecule has 0 amide bonds. The molecule has 0 heterocycles. The van der Waals surface area contributed by atoms with Gasteiger partial charge in [-0.25, -0.2) is 0 Å². The molecule has 0 nitrogen and oxygen atoms in total. The Morgan fingerprint density at radius 3 is 0.667 bits per heavy atom. The molecule has 0 aliphatic carbocycles. The first-order chi connectivity index (χ1) is 6.74. The number of unbranched alkanes of at least 4 members (excludes halogenated alkanes) is 3. The first-order valence-corrected chi connectivity index (χ1v) is 5.83. The summed E-state index contributed by atoms with van der Waals surface area (Å²) in [5.74, 6) is 0. The molecule has 0 atom stereocenters. The Bertz CT molecular complexity index is 20.8. The molecule has 0 radical (unpaired) electrons. The van der Waals surface area contributed by atoms with Gasteiger partial charge in [0, 0.05) is 0 Å². The van der Waals surface area contributed by atoms with E-state index in [9.17, 15) is 0 Å². The molecule has 0 saturated carbocycles. The second-order valence-corrected chi connectivity index (χ2v) is 2.56. The van der Waals surface area contributed by atoms with Crippen LogP contribution in [0.5, 0.6) is 0 Å². The number of hydrogen-bond donors (Lipinski definition) is 0. The summed E-state index contributed by atoms with van der Waals surface area (Å²) in [5, 5.41) is 0. The maximum Gasteiger partial charge on any atom is 4.00 e. The van der Waals surface area contributed by atoms with Crippen LogP contribution in [0.3, 0.4) is 0 Å². The van der Waals surface area contributed by atoms with Gasteiger partial charge in [0.1, 0.15) is 0 Å². The predicted octanol–water partition coefficient (Wildman–Crippen LogP) is 5.70. The van der Waals surface area contributed by atoms with Crippen molar-refractivity contribution in [3.63, 3.8) is 0 Å². The van der Waals surface area contributed by atoms with Crippen molar-refractivity contribution in [2.75, 3.05) is 0 Å². The van der Waals surface area contributed by atoms with Crippen LogP contribution in [-0.4, -0.2) is 0 Å². The maximum absolute atomic E-state index is 3.60. The van der Waals surface area contributed by atoms with Gasteiger partial charge in [0.25, 0.3) is 0 Å². The summed E-state index contributed by atoms with van der Waals surface area (Å²) in [5.41, 5.74) is 0. The Kier molecular flexibility index (Phi) is 120. The van der Waals surface area contributed by atoms with Crippen LogP contribution in [0, 0.1) is 27.7 Å². The minimum absolute atomic E-state index is 0. The third kappa shape index (κ3) is 164. The summed E-state index contributed by atoms with van der Waals surface area (Å²) < 4.78 is 0. The van der Waals surface area contributed by atoms with Gasteiger partial charge < -0.3 is 27.7 Å². The molecule has 0 saturated heterocycles. The zero-order valence-corrected chi connectivity index (χ0v) is 15.2. The van der Waals surface area contributed by atoms with Gasteiger partial charge in [-0.2, -0.15) is 26.2 Å². The smallest absolute Gasteiger partial charge is 0.346 e. The molecule has 0 aliphatic rings. The van der Waals surface area contributed by atoms with Gasteiger partial charge in [0.15, 0.2) is 0 Å². The fourth-order valence-electron chi connectivity index (χ4n) is 0. The maximum atomic E-state index is 3.60. The molecule has 0 unspecified atom stereocenters. The molecule has 0 bridgehead atoms. The zero-order chi connectivity index (χ0) is 12.2. The van der Waals surface area contributed by atoms with E-state index in [0.29, 0.717) is 0 Å². The van der Waals surface area contributed by atoms with Crippen LogP contribution in [-0.2, 0) is 25.8 Å². The molecule has 0 spiro atoms. The largest absolute Gasteiger partial charge is 4.00 e. The number of rotatable bonds is 3. The van der Waals surface area contributed by atoms with E-state index in [2.05, 4.69) is 48.5 Å². The van der Waals surface area contributed by atoms with E-state index in [0.717, 1.165) is 19.3 Å². The van der Waals surface area contributed by atoms with Gasteiger partial charge in [-0.15, -0.1) is 0 Å². The first-order valence-electron chi connectivity index (χ1n) is 5.83. The summed E-state index contributed by atoms with van der Waals surface area (Å²) in [6.07, 6.45) is 6.83. The van der Waals surface area contributed by atoms with Crippen molar-refractivity contribution in [1.82, 2.24) is 0 Å². The van der Waals surface area contributed by atoms with Crippen molar-refractivity contribution >= 4 is 0 Å². The monoisotopic (exact) mass is 380 g/mol. The van der Waals surface area contributed by atoms with E-state index >= 15 is 0 Å². The van der Waals surface area contributed by atoms with Crippen LogP contribution < -0.4 is 0 Å². The molecule has 0 aliphatic heterocycles. The first kappa shape index (κ1) is 29.7. The van der Waals surface area contributed by atoms with Gasteiger partial charge in [0.2, 0.25) is 0 Å². The van der Waals surface area contributed by atoms with E-state index in [1.807, 2.05) is 0 Å². The summed E-state index contributed by atoms with van der Waals surface area (Å²) >= 11 is 0. The van der Waals surface area contributed by atoms with E-state index in [-0.39, 0.29) is 25.8 Å². The molecular weight excluding hydrogens is 347 g/mol. The summed E-state index contributed by atoms with van der Waals surface area (Å²) in [6.45, 7) is 22.2. The minimum atomic E-state index is 0. The Morgan fingerprint density at radius 1 is 0.600 bits per heavy atom. The van der Waals surface area contributed by atoms with Crippen molar-refractivity contribution in [3.8, 4) is 0 Å². The van der Waals surface area contributed by atoms with Crippen LogP contribution >= 0.6 is 0 Å². The van der Waals surface area contributed by atoms with Crippen molar-refractivity contribution < 1.29 is 25.8 Å². The van der Waals surface area contributed by atoms with E-state index in [4.69, 9.17) is 0 Å². The number of hydrogen-bond acceptors (Lipinski definition) is 0. The molecule has 1 heteroatoms. The molecule has 0 N–H and O–H groups in total. The predicted molar refractivity (Wildman–Crippen MR) is 71.8 cm³/mol. The van der Waals surface area contributed by atoms with Crippen LogP contribution in [0.4, 0.5) is 0 Å². The van der Waals surface area contributed by atoms with E-state index in [1.54, 1.807) is 6.92 Å². The average molecular weight is 379 g/mol. The topological polar surface area (TPSA) is 0 Å². The SMILES string of the molecule is [CH2-]C.[CH2-]CCC.[CH2-]CCC.[CH2-]CCC.[Hf+4]. The Labute approximate surface area is 119 Å². The fourth-order valence-corrected chi connectivity index (χ4v) is 0. The standard InChI is InChI=1S/3C4H9.C2H5.Hf/c3*1-3-4-2;1-2;/h3*1,3-4H2,2H3;1H2,2H3;/q4*-1;+4. The normalized spacial score (nSPS) is 6.40. The molecule has 0 aromatic carbocycles. The molecular formula is C14H32Hf. The third-order valence-corrected chi connectivity index (χ3v) is 1.06. The van der Waals surface area contributed by atoms with Gasteiger partial charge in [0.05, 0.1) is 0 Å². The minimum Gasteiger partial charge on any atom is -0.346 e. The molecule has 15 heavy (non-hydrogen) atoms. The summed E-state index contributed by atoms with van der Waals surface area (Å²) in [6, 6.07) is 0. The van der Waals surface area contributed by atoms with Gasteiger partial charge in [-0.3, -0.25) is 0 Å². The Morgan fingerprint density at radius 2 is 0.667 bits per heavy atom. The zero-order valence-electron chi connectivity index (χ0n) is 11.6. The Hall–Kier alpha value is 0.870. The van der Waals surface area contributed by atoms with Crippen LogP contribution in [0.25, 0.3) is 0 Å². The van der Waals surface area contributed by atoms with Crippen molar-refractivity contribution in [2.45, 2.75) is 66.2 Å². The molecule has 0 rings (SSSR count). The Balaban J connectivity index is -0.0000000298. The van der Waals surface area contributed by atoms with Crippen LogP contribution in [0.15, 0.2) is 0 Å². The summed E-state index contributed by atoms with van der Waals surface area (Å²) in [7, 11) is 0. The van der Waals surface area contributed by atoms with Gasteiger partial charge >= 0.3 is 25.8 Å². The van der Waals surface area contributed by atoms with Crippen molar-refractivity contribution in [2.24, 2.45) is 0 Å². The summed E-state index contributed by atoms with van der Waals surface area (Å²) in [4.78, 5) is 0.